The third-order valence-electron chi connectivity index (χ3n) is 8.96. The molecule has 1 aromatic heterocycles. The number of amides is 1. The van der Waals surface area contributed by atoms with E-state index in [1.54, 1.807) is 17.0 Å². The molecule has 0 bridgehead atoms. The molecule has 0 aliphatic carbocycles. The lowest BCUT2D eigenvalue weighted by Crippen LogP contribution is -2.43. The van der Waals surface area contributed by atoms with Crippen LogP contribution in [-0.4, -0.2) is 70.4 Å². The number of ether oxygens (including phenoxy) is 1. The molecule has 39 heavy (non-hydrogen) atoms. The largest absolute Gasteiger partial charge is 0.508 e. The quantitative estimate of drug-likeness (QED) is 0.505. The van der Waals surface area contributed by atoms with Crippen LogP contribution in [-0.2, 0) is 6.54 Å². The van der Waals surface area contributed by atoms with E-state index < -0.39 is 6.17 Å². The number of alkyl halides is 1. The zero-order valence-corrected chi connectivity index (χ0v) is 22.1. The number of aromatic hydroxyl groups is 1. The molecule has 0 spiro atoms. The molecule has 4 aliphatic heterocycles. The molecule has 0 unspecified atom stereocenters. The van der Waals surface area contributed by atoms with Gasteiger partial charge in [0.2, 0.25) is 0 Å². The fourth-order valence-electron chi connectivity index (χ4n) is 7.08. The van der Waals surface area contributed by atoms with Crippen molar-refractivity contribution in [2.45, 2.75) is 63.2 Å². The van der Waals surface area contributed by atoms with E-state index in [1.165, 1.54) is 0 Å². The van der Waals surface area contributed by atoms with Gasteiger partial charge in [-0.3, -0.25) is 9.69 Å². The Morgan fingerprint density at radius 2 is 1.87 bits per heavy atom. The maximum atomic E-state index is 14.3. The standard InChI is InChI=1S/C30H34FN5O3/c31-21-16-30(10-7-13-35(30)17-21)19-39-29-32-24-18-36(25-15-22(37)14-20-8-3-4-9-23(20)25)28(38)26(24)27(33-29)34-11-5-1-2-6-12-34/h3-4,8-9,14-15,21,37H,1-2,5-7,10-13,16-19H2/t21-,30+/m1/s1. The molecule has 8 nitrogen and oxygen atoms in total. The van der Waals surface area contributed by atoms with Crippen molar-refractivity contribution in [3.63, 3.8) is 0 Å². The number of phenolic OH excluding ortho intramolecular Hbond substituents is 1. The summed E-state index contributed by atoms with van der Waals surface area (Å²) in [5.41, 5.74) is 1.50. The van der Waals surface area contributed by atoms with Crippen molar-refractivity contribution in [2.75, 3.05) is 42.6 Å². The highest BCUT2D eigenvalue weighted by molar-refractivity contribution is 6.16. The number of halogens is 1. The van der Waals surface area contributed by atoms with Crippen molar-refractivity contribution in [3.05, 3.63) is 47.7 Å². The van der Waals surface area contributed by atoms with Gasteiger partial charge in [-0.1, -0.05) is 37.1 Å². The molecule has 3 aromatic rings. The molecule has 1 N–H and O–H groups in total. The van der Waals surface area contributed by atoms with Crippen molar-refractivity contribution >= 4 is 28.2 Å². The minimum Gasteiger partial charge on any atom is -0.508 e. The molecule has 2 atom stereocenters. The normalized spacial score (nSPS) is 25.3. The molecule has 2 aromatic carbocycles. The number of carbonyl (C=O) groups is 1. The van der Waals surface area contributed by atoms with Gasteiger partial charge in [0.25, 0.3) is 5.91 Å². The Hall–Kier alpha value is -3.46. The first kappa shape index (κ1) is 24.6. The molecule has 4 aliphatic rings. The van der Waals surface area contributed by atoms with Crippen LogP contribution in [0.3, 0.4) is 0 Å². The number of benzene rings is 2. The van der Waals surface area contributed by atoms with Crippen molar-refractivity contribution in [1.82, 2.24) is 14.9 Å². The number of carbonyl (C=O) groups excluding carboxylic acids is 1. The number of rotatable bonds is 5. The number of nitrogens with zero attached hydrogens (tertiary/aromatic N) is 5. The zero-order chi connectivity index (χ0) is 26.6. The highest BCUT2D eigenvalue weighted by Gasteiger charge is 2.49. The summed E-state index contributed by atoms with van der Waals surface area (Å²) in [6.45, 7) is 3.63. The summed E-state index contributed by atoms with van der Waals surface area (Å²) >= 11 is 0. The average Bonchev–Trinajstić information content (AvgIpc) is 3.46. The molecular weight excluding hydrogens is 497 g/mol. The molecule has 204 valence electrons. The summed E-state index contributed by atoms with van der Waals surface area (Å²) in [5, 5.41) is 12.2. The van der Waals surface area contributed by atoms with Gasteiger partial charge >= 0.3 is 6.01 Å². The first-order chi connectivity index (χ1) is 19.0. The number of anilines is 2. The van der Waals surface area contributed by atoms with E-state index in [9.17, 15) is 14.3 Å². The molecular formula is C30H34FN5O3. The van der Waals surface area contributed by atoms with E-state index in [0.29, 0.717) is 42.3 Å². The summed E-state index contributed by atoms with van der Waals surface area (Å²) < 4.78 is 20.6. The van der Waals surface area contributed by atoms with Gasteiger partial charge in [0, 0.05) is 37.5 Å². The van der Waals surface area contributed by atoms with E-state index >= 15 is 0 Å². The van der Waals surface area contributed by atoms with Crippen LogP contribution in [0.2, 0.25) is 0 Å². The SMILES string of the molecule is O=C1c2c(nc(OC[C@@]34CCCN3C[C@H](F)C4)nc2N2CCCCCC2)CN1c1cc(O)cc2ccccc12. The van der Waals surface area contributed by atoms with Crippen LogP contribution in [0.1, 0.15) is 61.0 Å². The summed E-state index contributed by atoms with van der Waals surface area (Å²) in [4.78, 5) is 29.7. The van der Waals surface area contributed by atoms with E-state index in [2.05, 4.69) is 9.80 Å². The van der Waals surface area contributed by atoms with Gasteiger partial charge in [-0.05, 0) is 43.7 Å². The van der Waals surface area contributed by atoms with Crippen LogP contribution >= 0.6 is 0 Å². The second kappa shape index (κ2) is 9.62. The van der Waals surface area contributed by atoms with Gasteiger partial charge < -0.3 is 19.6 Å². The number of hydrogen-bond donors (Lipinski definition) is 1. The predicted octanol–water partition coefficient (Wildman–Crippen LogP) is 4.83. The van der Waals surface area contributed by atoms with E-state index in [1.807, 2.05) is 24.3 Å². The third kappa shape index (κ3) is 4.27. The summed E-state index contributed by atoms with van der Waals surface area (Å²) in [7, 11) is 0. The van der Waals surface area contributed by atoms with E-state index in [-0.39, 0.29) is 29.8 Å². The molecule has 7 rings (SSSR count). The maximum absolute atomic E-state index is 14.3. The number of hydrogen-bond acceptors (Lipinski definition) is 7. The van der Waals surface area contributed by atoms with Crippen LogP contribution in [0, 0.1) is 0 Å². The fourth-order valence-corrected chi connectivity index (χ4v) is 7.08. The third-order valence-corrected chi connectivity index (χ3v) is 8.96. The van der Waals surface area contributed by atoms with Crippen molar-refractivity contribution in [1.29, 1.82) is 0 Å². The van der Waals surface area contributed by atoms with E-state index in [4.69, 9.17) is 14.7 Å². The Balaban J connectivity index is 1.26. The lowest BCUT2D eigenvalue weighted by atomic mass is 9.95. The zero-order valence-electron chi connectivity index (χ0n) is 22.1. The fraction of sp³-hybridized carbons (Fsp3) is 0.500. The Kier molecular flexibility index (Phi) is 6.06. The minimum atomic E-state index is -0.828. The average molecular weight is 532 g/mol. The maximum Gasteiger partial charge on any atom is 0.318 e. The van der Waals surface area contributed by atoms with Gasteiger partial charge in [0.1, 0.15) is 29.9 Å². The second-order valence-electron chi connectivity index (χ2n) is 11.5. The van der Waals surface area contributed by atoms with Gasteiger partial charge in [-0.2, -0.15) is 9.97 Å². The molecule has 5 heterocycles. The minimum absolute atomic E-state index is 0.110. The van der Waals surface area contributed by atoms with Gasteiger partial charge in [-0.15, -0.1) is 0 Å². The summed E-state index contributed by atoms with van der Waals surface area (Å²) in [6.07, 6.45) is 6.01. The Labute approximate surface area is 227 Å². The number of phenols is 1. The highest BCUT2D eigenvalue weighted by atomic mass is 19.1. The van der Waals surface area contributed by atoms with Gasteiger partial charge in [-0.25, -0.2) is 4.39 Å². The van der Waals surface area contributed by atoms with Gasteiger partial charge in [0.15, 0.2) is 0 Å². The summed E-state index contributed by atoms with van der Waals surface area (Å²) in [5.74, 6) is 0.575. The van der Waals surface area contributed by atoms with Gasteiger partial charge in [0.05, 0.1) is 23.5 Å². The van der Waals surface area contributed by atoms with Crippen molar-refractivity contribution in [2.24, 2.45) is 0 Å². The van der Waals surface area contributed by atoms with Crippen LogP contribution in [0.5, 0.6) is 11.8 Å². The van der Waals surface area contributed by atoms with Crippen LogP contribution in [0.25, 0.3) is 10.8 Å². The van der Waals surface area contributed by atoms with Crippen LogP contribution < -0.4 is 14.5 Å². The molecule has 3 fully saturated rings. The molecule has 9 heteroatoms. The molecule has 0 radical (unpaired) electrons. The molecule has 0 saturated carbocycles. The first-order valence-electron chi connectivity index (χ1n) is 14.2. The van der Waals surface area contributed by atoms with Crippen LogP contribution in [0.15, 0.2) is 36.4 Å². The van der Waals surface area contributed by atoms with Crippen molar-refractivity contribution < 1.29 is 19.0 Å². The number of fused-ring (bicyclic) bond motifs is 3. The number of aromatic nitrogens is 2. The van der Waals surface area contributed by atoms with Crippen LogP contribution in [0.4, 0.5) is 15.9 Å². The lowest BCUT2D eigenvalue weighted by molar-refractivity contribution is 0.0996. The topological polar surface area (TPSA) is 82.0 Å². The van der Waals surface area contributed by atoms with E-state index in [0.717, 1.165) is 68.9 Å². The summed E-state index contributed by atoms with van der Waals surface area (Å²) in [6, 6.07) is 11.3. The smallest absolute Gasteiger partial charge is 0.318 e. The Bertz CT molecular complexity index is 1430. The highest BCUT2D eigenvalue weighted by Crippen LogP contribution is 2.42. The second-order valence-corrected chi connectivity index (χ2v) is 11.5. The molecule has 1 amide bonds. The lowest BCUT2D eigenvalue weighted by Gasteiger charge is -2.31. The van der Waals surface area contributed by atoms with Crippen molar-refractivity contribution in [3.8, 4) is 11.8 Å². The Morgan fingerprint density at radius 3 is 2.72 bits per heavy atom. The monoisotopic (exact) mass is 531 g/mol. The Morgan fingerprint density at radius 1 is 1.05 bits per heavy atom. The predicted molar refractivity (Wildman–Crippen MR) is 147 cm³/mol. The first-order valence-corrected chi connectivity index (χ1v) is 14.2. The molecule has 3 saturated heterocycles.